The first kappa shape index (κ1) is 41.8. The number of rotatable bonds is 13. The maximum atomic E-state index is 14.4. The van der Waals surface area contributed by atoms with Crippen LogP contribution in [0, 0.1) is 35.5 Å². The van der Waals surface area contributed by atoms with Crippen LogP contribution in [0.5, 0.6) is 0 Å². The molecular weight excluding hydrogens is 775 g/mol. The molecule has 9 atom stereocenters. The summed E-state index contributed by atoms with van der Waals surface area (Å²) < 4.78 is 241. The molecule has 0 aromatic carbocycles. The van der Waals surface area contributed by atoms with Gasteiger partial charge >= 0.3 is 59.6 Å². The van der Waals surface area contributed by atoms with Gasteiger partial charge in [-0.3, -0.25) is 9.59 Å². The van der Waals surface area contributed by atoms with Crippen LogP contribution in [0.25, 0.3) is 0 Å². The molecule has 0 aliphatic heterocycles. The second-order valence-electron chi connectivity index (χ2n) is 13.4. The summed E-state index contributed by atoms with van der Waals surface area (Å²) in [6.45, 7) is -1.68. The largest absolute Gasteiger partial charge is 0.481 e. The van der Waals surface area contributed by atoms with Crippen LogP contribution in [0.3, 0.4) is 0 Å². The van der Waals surface area contributed by atoms with Crippen molar-refractivity contribution in [2.45, 2.75) is 117 Å². The van der Waals surface area contributed by atoms with E-state index in [1.165, 1.54) is 0 Å². The SMILES string of the molecule is O=C(O)C1CCCCC1C(=O)OC1CC2C(C1Cl)[C@@H]1C[C@H]2CC1OCCC(F)(F)C(F)(F)C(F)(F)C(F)(F)C(F)(F)C(F)(F)C(F)(F)C(F)(F)F. The van der Waals surface area contributed by atoms with Crippen molar-refractivity contribution in [3.8, 4) is 0 Å². The highest BCUT2D eigenvalue weighted by atomic mass is 35.5. The highest BCUT2D eigenvalue weighted by molar-refractivity contribution is 6.21. The van der Waals surface area contributed by atoms with Crippen molar-refractivity contribution in [3.05, 3.63) is 0 Å². The molecule has 5 nitrogen and oxygen atoms in total. The van der Waals surface area contributed by atoms with Gasteiger partial charge in [0.25, 0.3) is 0 Å². The van der Waals surface area contributed by atoms with Crippen LogP contribution in [-0.4, -0.2) is 88.9 Å². The lowest BCUT2D eigenvalue weighted by Crippen LogP contribution is -2.74. The average molecular weight is 803 g/mol. The van der Waals surface area contributed by atoms with Gasteiger partial charge in [0.2, 0.25) is 0 Å². The Morgan fingerprint density at radius 3 is 1.63 bits per heavy atom. The number of carbonyl (C=O) groups is 2. The molecule has 0 spiro atoms. The van der Waals surface area contributed by atoms with Crippen LogP contribution >= 0.6 is 11.6 Å². The van der Waals surface area contributed by atoms with E-state index < -0.39 is 114 Å². The number of halogens is 18. The van der Waals surface area contributed by atoms with Gasteiger partial charge in [0.15, 0.2) is 0 Å². The zero-order chi connectivity index (χ0) is 39.1. The number of carboxylic acid groups (broad SMARTS) is 1. The van der Waals surface area contributed by atoms with Gasteiger partial charge in [-0.2, -0.15) is 74.6 Å². The number of hydrogen-bond acceptors (Lipinski definition) is 4. The number of carbonyl (C=O) groups excluding carboxylic acids is 1. The monoisotopic (exact) mass is 802 g/mol. The molecule has 4 rings (SSSR count). The highest BCUT2D eigenvalue weighted by Crippen LogP contribution is 2.65. The van der Waals surface area contributed by atoms with Crippen molar-refractivity contribution < 1.29 is 98.8 Å². The van der Waals surface area contributed by atoms with E-state index in [0.29, 0.717) is 19.3 Å². The minimum absolute atomic E-state index is 0.0186. The van der Waals surface area contributed by atoms with Crippen molar-refractivity contribution in [1.29, 1.82) is 0 Å². The maximum absolute atomic E-state index is 14.4. The van der Waals surface area contributed by atoms with E-state index in [1.807, 2.05) is 0 Å². The molecule has 4 fully saturated rings. The van der Waals surface area contributed by atoms with Crippen LogP contribution in [0.1, 0.15) is 51.4 Å². The first-order chi connectivity index (χ1) is 22.9. The summed E-state index contributed by atoms with van der Waals surface area (Å²) in [5.74, 6) is -62.4. The molecule has 296 valence electrons. The molecule has 2 bridgehead atoms. The summed E-state index contributed by atoms with van der Waals surface area (Å²) in [4.78, 5) is 24.4. The van der Waals surface area contributed by atoms with Crippen molar-refractivity contribution in [2.75, 3.05) is 6.61 Å². The van der Waals surface area contributed by atoms with Gasteiger partial charge in [0.1, 0.15) is 6.10 Å². The molecule has 1 N–H and O–H groups in total. The minimum Gasteiger partial charge on any atom is -0.481 e. The number of carboxylic acids is 1. The van der Waals surface area contributed by atoms with E-state index in [0.717, 1.165) is 0 Å². The van der Waals surface area contributed by atoms with E-state index in [4.69, 9.17) is 21.1 Å². The normalized spacial score (nSPS) is 32.6. The van der Waals surface area contributed by atoms with Gasteiger partial charge in [0, 0.05) is 6.42 Å². The van der Waals surface area contributed by atoms with Gasteiger partial charge in [-0.25, -0.2) is 0 Å². The van der Waals surface area contributed by atoms with Gasteiger partial charge < -0.3 is 14.6 Å². The molecular formula is C28H28ClF17O5. The number of esters is 1. The second-order valence-corrected chi connectivity index (χ2v) is 13.9. The van der Waals surface area contributed by atoms with Crippen molar-refractivity contribution in [1.82, 2.24) is 0 Å². The number of hydrogen-bond donors (Lipinski definition) is 1. The van der Waals surface area contributed by atoms with E-state index in [-0.39, 0.29) is 37.5 Å². The molecule has 7 unspecified atom stereocenters. The van der Waals surface area contributed by atoms with Crippen LogP contribution in [-0.2, 0) is 19.1 Å². The third kappa shape index (κ3) is 6.30. The number of alkyl halides is 18. The van der Waals surface area contributed by atoms with Gasteiger partial charge in [-0.1, -0.05) is 12.8 Å². The minimum atomic E-state index is -8.68. The molecule has 0 aromatic rings. The quantitative estimate of drug-likeness (QED) is 0.115. The van der Waals surface area contributed by atoms with Gasteiger partial charge in [-0.15, -0.1) is 11.6 Å². The number of ether oxygens (including phenoxy) is 2. The lowest BCUT2D eigenvalue weighted by Gasteiger charge is -2.42. The average Bonchev–Trinajstić information content (AvgIpc) is 3.67. The summed E-state index contributed by atoms with van der Waals surface area (Å²) in [6.07, 6.45) is -10.4. The maximum Gasteiger partial charge on any atom is 0.460 e. The Bertz CT molecular complexity index is 1320. The fourth-order valence-electron chi connectivity index (χ4n) is 7.87. The molecule has 4 aliphatic carbocycles. The van der Waals surface area contributed by atoms with E-state index in [2.05, 4.69) is 0 Å². The Labute approximate surface area is 281 Å². The zero-order valence-corrected chi connectivity index (χ0v) is 26.2. The Morgan fingerprint density at radius 1 is 0.627 bits per heavy atom. The summed E-state index contributed by atoms with van der Waals surface area (Å²) in [5.41, 5.74) is 0. The molecule has 0 aromatic heterocycles. The van der Waals surface area contributed by atoms with Crippen molar-refractivity contribution in [2.24, 2.45) is 35.5 Å². The van der Waals surface area contributed by atoms with E-state index in [9.17, 15) is 89.3 Å². The summed E-state index contributed by atoms with van der Waals surface area (Å²) in [5, 5.41) is 8.50. The molecule has 0 radical (unpaired) electrons. The standard InChI is InChI=1S/C28H28ClF17O5/c29-18-16(51-20(49)12-4-2-1-3-11(12)19(47)48)9-13-10-7-14(17(13)18)15(8-10)50-6-5-21(30,31)22(32,33)23(34,35)24(36,37)25(38,39)26(40,41)27(42,43)28(44,45)46/h10-18H,1-9H2,(H,47,48)/t10-,11?,12?,13?,14+,15?,16?,17?,18?/m0/s1. The lowest BCUT2D eigenvalue weighted by atomic mass is 9.79. The Hall–Kier alpha value is -2.00. The smallest absolute Gasteiger partial charge is 0.460 e. The Morgan fingerprint density at radius 2 is 1.12 bits per heavy atom. The predicted molar refractivity (Wildman–Crippen MR) is 135 cm³/mol. The molecule has 4 aliphatic rings. The highest BCUT2D eigenvalue weighted by Gasteiger charge is 2.95. The fourth-order valence-corrected chi connectivity index (χ4v) is 8.39. The molecule has 0 saturated heterocycles. The van der Waals surface area contributed by atoms with Crippen molar-refractivity contribution >= 4 is 23.5 Å². The van der Waals surface area contributed by atoms with Crippen LogP contribution in [0.15, 0.2) is 0 Å². The predicted octanol–water partition coefficient (Wildman–Crippen LogP) is 8.86. The van der Waals surface area contributed by atoms with Crippen LogP contribution in [0.2, 0.25) is 0 Å². The molecule has 23 heteroatoms. The van der Waals surface area contributed by atoms with Gasteiger partial charge in [-0.05, 0) is 55.8 Å². The number of aliphatic carboxylic acids is 1. The Balaban J connectivity index is 1.41. The third-order valence-corrected chi connectivity index (χ3v) is 11.2. The third-order valence-electron chi connectivity index (χ3n) is 10.6. The number of fused-ring (bicyclic) bond motifs is 5. The topological polar surface area (TPSA) is 72.8 Å². The summed E-state index contributed by atoms with van der Waals surface area (Å²) in [7, 11) is 0. The summed E-state index contributed by atoms with van der Waals surface area (Å²) >= 11 is 6.56. The van der Waals surface area contributed by atoms with Crippen LogP contribution in [0.4, 0.5) is 74.6 Å². The molecule has 51 heavy (non-hydrogen) atoms. The fraction of sp³-hybridized carbons (Fsp3) is 0.929. The van der Waals surface area contributed by atoms with Crippen molar-refractivity contribution in [3.63, 3.8) is 0 Å². The second kappa shape index (κ2) is 13.1. The molecule has 4 saturated carbocycles. The first-order valence-corrected chi connectivity index (χ1v) is 15.7. The van der Waals surface area contributed by atoms with E-state index in [1.54, 1.807) is 0 Å². The zero-order valence-electron chi connectivity index (χ0n) is 25.4. The molecule has 0 heterocycles. The molecule has 0 amide bonds. The van der Waals surface area contributed by atoms with E-state index >= 15 is 0 Å². The first-order valence-electron chi connectivity index (χ1n) is 15.3. The van der Waals surface area contributed by atoms with Crippen LogP contribution < -0.4 is 0 Å². The van der Waals surface area contributed by atoms with Gasteiger partial charge in [0.05, 0.1) is 29.9 Å². The lowest BCUT2D eigenvalue weighted by molar-refractivity contribution is -0.462. The Kier molecular flexibility index (Phi) is 10.7. The summed E-state index contributed by atoms with van der Waals surface area (Å²) in [6, 6.07) is 0.